The predicted molar refractivity (Wildman–Crippen MR) is 146 cm³/mol. The highest BCUT2D eigenvalue weighted by atomic mass is 16.4. The summed E-state index contributed by atoms with van der Waals surface area (Å²) in [4.78, 5) is 2.61. The van der Waals surface area contributed by atoms with Crippen LogP contribution in [0.5, 0.6) is 0 Å². The first-order chi connectivity index (χ1) is 17.3. The van der Waals surface area contributed by atoms with E-state index >= 15 is 0 Å². The molecule has 1 saturated carbocycles. The predicted octanol–water partition coefficient (Wildman–Crippen LogP) is 7.88. The summed E-state index contributed by atoms with van der Waals surface area (Å²) in [7, 11) is 0. The molecule has 0 bridgehead atoms. The zero-order chi connectivity index (χ0) is 23.4. The topological polar surface area (TPSA) is 35.8 Å². The van der Waals surface area contributed by atoms with Crippen molar-refractivity contribution in [3.63, 3.8) is 0 Å². The molecule has 2 aliphatic rings. The molecule has 3 atom stereocenters. The lowest BCUT2D eigenvalue weighted by atomic mass is 9.74. The average molecular weight is 457 g/mol. The second-order valence-corrected chi connectivity index (χ2v) is 10.1. The highest BCUT2D eigenvalue weighted by Gasteiger charge is 2.43. The zero-order valence-corrected chi connectivity index (χ0v) is 19.6. The lowest BCUT2D eigenvalue weighted by Crippen LogP contribution is -2.39. The van der Waals surface area contributed by atoms with Gasteiger partial charge in [0.25, 0.3) is 0 Å². The molecule has 1 aliphatic carbocycles. The van der Waals surface area contributed by atoms with E-state index in [1.54, 1.807) is 6.21 Å². The number of hydrogen-bond acceptors (Lipinski definition) is 3. The van der Waals surface area contributed by atoms with Gasteiger partial charge in [0.2, 0.25) is 0 Å². The monoisotopic (exact) mass is 456 g/mol. The van der Waals surface area contributed by atoms with Gasteiger partial charge < -0.3 is 10.1 Å². The smallest absolute Gasteiger partial charge is 0.0473 e. The van der Waals surface area contributed by atoms with Crippen LogP contribution in [0.15, 0.2) is 96.2 Å². The van der Waals surface area contributed by atoms with E-state index < -0.39 is 0 Å². The highest BCUT2D eigenvalue weighted by molar-refractivity contribution is 6.17. The van der Waals surface area contributed by atoms with Crippen molar-refractivity contribution in [3.05, 3.63) is 102 Å². The Morgan fingerprint density at radius 2 is 1.51 bits per heavy atom. The van der Waals surface area contributed by atoms with Crippen LogP contribution in [0, 0.1) is 5.92 Å². The number of fused-ring (bicyclic) bond motifs is 8. The molecule has 0 amide bonds. The molecule has 3 heteroatoms. The van der Waals surface area contributed by atoms with Crippen LogP contribution in [0.3, 0.4) is 0 Å². The maximum atomic E-state index is 9.30. The van der Waals surface area contributed by atoms with E-state index in [9.17, 15) is 5.21 Å². The Morgan fingerprint density at radius 1 is 0.771 bits per heavy atom. The second-order valence-electron chi connectivity index (χ2n) is 10.1. The summed E-state index contributed by atoms with van der Waals surface area (Å²) < 4.78 is 0. The largest absolute Gasteiger partial charge is 0.411 e. The van der Waals surface area contributed by atoms with E-state index in [4.69, 9.17) is 0 Å². The second kappa shape index (κ2) is 8.13. The van der Waals surface area contributed by atoms with Gasteiger partial charge in [0, 0.05) is 36.3 Å². The summed E-state index contributed by atoms with van der Waals surface area (Å²) in [5.41, 5.74) is 4.08. The Morgan fingerprint density at radius 3 is 2.40 bits per heavy atom. The Labute approximate surface area is 205 Å². The zero-order valence-electron chi connectivity index (χ0n) is 19.6. The molecule has 5 aromatic rings. The minimum atomic E-state index is 0.290. The van der Waals surface area contributed by atoms with Crippen LogP contribution < -0.4 is 4.90 Å². The number of anilines is 1. The molecule has 1 heterocycles. The lowest BCUT2D eigenvalue weighted by Gasteiger charge is -2.37. The van der Waals surface area contributed by atoms with Crippen LogP contribution in [-0.2, 0) is 6.54 Å². The van der Waals surface area contributed by atoms with Gasteiger partial charge in [-0.05, 0) is 68.4 Å². The Hall–Kier alpha value is -3.85. The van der Waals surface area contributed by atoms with Crippen molar-refractivity contribution in [3.8, 4) is 0 Å². The average Bonchev–Trinajstić information content (AvgIpc) is 3.23. The fraction of sp³-hybridized carbons (Fsp3) is 0.219. The highest BCUT2D eigenvalue weighted by Crippen LogP contribution is 2.50. The van der Waals surface area contributed by atoms with E-state index in [1.165, 1.54) is 55.6 Å². The third-order valence-corrected chi connectivity index (χ3v) is 8.34. The van der Waals surface area contributed by atoms with Crippen LogP contribution >= 0.6 is 0 Å². The summed E-state index contributed by atoms with van der Waals surface area (Å²) >= 11 is 0. The Kier molecular flexibility index (Phi) is 4.76. The first-order valence-electron chi connectivity index (χ1n) is 12.7. The summed E-state index contributed by atoms with van der Waals surface area (Å²) in [6, 6.07) is 34.0. The number of hydrogen-bond donors (Lipinski definition) is 1. The van der Waals surface area contributed by atoms with Crippen LogP contribution in [0.2, 0.25) is 0 Å². The third-order valence-electron chi connectivity index (χ3n) is 8.34. The van der Waals surface area contributed by atoms with Gasteiger partial charge in [-0.3, -0.25) is 0 Å². The van der Waals surface area contributed by atoms with Gasteiger partial charge in [-0.2, -0.15) is 0 Å². The van der Waals surface area contributed by atoms with Gasteiger partial charge in [-0.25, -0.2) is 0 Å². The molecule has 7 rings (SSSR count). The first kappa shape index (κ1) is 20.5. The molecule has 0 aromatic heterocycles. The molecular formula is C32H28N2O. The number of nitrogens with zero attached hydrogens (tertiary/aromatic N) is 2. The molecule has 0 saturated heterocycles. The molecule has 5 aromatic carbocycles. The van der Waals surface area contributed by atoms with Crippen LogP contribution in [0.1, 0.15) is 36.3 Å². The SMILES string of the molecule is ON=CC1CCCC2C1c1ccccc1N2Cc1ccc2ccc3c4ccccc4ccc3c2c1. The van der Waals surface area contributed by atoms with Gasteiger partial charge in [-0.1, -0.05) is 85.3 Å². The van der Waals surface area contributed by atoms with Crippen LogP contribution in [0.4, 0.5) is 5.69 Å². The van der Waals surface area contributed by atoms with Gasteiger partial charge in [0.15, 0.2) is 0 Å². The molecule has 1 N–H and O–H groups in total. The van der Waals surface area contributed by atoms with Crippen molar-refractivity contribution in [1.82, 2.24) is 0 Å². The maximum absolute atomic E-state index is 9.30. The van der Waals surface area contributed by atoms with Gasteiger partial charge >= 0.3 is 0 Å². The van der Waals surface area contributed by atoms with E-state index in [2.05, 4.69) is 101 Å². The fourth-order valence-electron chi connectivity index (χ4n) is 6.82. The third kappa shape index (κ3) is 3.22. The molecule has 1 aliphatic heterocycles. The standard InChI is InChI=1S/C32H28N2O/c35-33-19-24-7-5-11-31-32(24)28-9-3-4-10-30(28)34(31)20-21-12-13-23-15-16-26-25-8-2-1-6-22(25)14-17-27(26)29(23)18-21/h1-4,6,8-10,12-19,24,31-32,35H,5,7,11,20H2. The molecular weight excluding hydrogens is 428 g/mol. The number of para-hydroxylation sites is 1. The molecule has 0 spiro atoms. The molecule has 35 heavy (non-hydrogen) atoms. The van der Waals surface area contributed by atoms with Gasteiger partial charge in [-0.15, -0.1) is 5.16 Å². The normalized spacial score (nSPS) is 21.7. The van der Waals surface area contributed by atoms with Crippen molar-refractivity contribution in [1.29, 1.82) is 0 Å². The summed E-state index contributed by atoms with van der Waals surface area (Å²) in [5.74, 6) is 0.683. The minimum Gasteiger partial charge on any atom is -0.411 e. The maximum Gasteiger partial charge on any atom is 0.0473 e. The Bertz CT molecular complexity index is 1600. The molecule has 1 fully saturated rings. The summed E-state index contributed by atoms with van der Waals surface area (Å²) in [6.45, 7) is 0.890. The van der Waals surface area contributed by atoms with Crippen molar-refractivity contribution in [2.45, 2.75) is 37.8 Å². The molecule has 3 nitrogen and oxygen atoms in total. The van der Waals surface area contributed by atoms with Crippen LogP contribution in [0.25, 0.3) is 32.3 Å². The Balaban J connectivity index is 1.32. The number of oxime groups is 1. The van der Waals surface area contributed by atoms with Crippen molar-refractivity contribution < 1.29 is 5.21 Å². The molecule has 0 radical (unpaired) electrons. The van der Waals surface area contributed by atoms with Crippen molar-refractivity contribution in [2.75, 3.05) is 4.90 Å². The van der Waals surface area contributed by atoms with E-state index in [-0.39, 0.29) is 0 Å². The first-order valence-corrected chi connectivity index (χ1v) is 12.7. The van der Waals surface area contributed by atoms with E-state index in [0.717, 1.165) is 19.4 Å². The van der Waals surface area contributed by atoms with Crippen molar-refractivity contribution >= 4 is 44.2 Å². The van der Waals surface area contributed by atoms with Gasteiger partial charge in [0.1, 0.15) is 0 Å². The number of rotatable bonds is 3. The summed E-state index contributed by atoms with van der Waals surface area (Å²) in [6.07, 6.45) is 5.20. The summed E-state index contributed by atoms with van der Waals surface area (Å²) in [5, 5.41) is 20.6. The lowest BCUT2D eigenvalue weighted by molar-refractivity contribution is 0.302. The molecule has 3 unspecified atom stereocenters. The van der Waals surface area contributed by atoms with Gasteiger partial charge in [0.05, 0.1) is 0 Å². The van der Waals surface area contributed by atoms with E-state index in [1.807, 2.05) is 0 Å². The van der Waals surface area contributed by atoms with Crippen molar-refractivity contribution in [2.24, 2.45) is 11.1 Å². The quantitative estimate of drug-likeness (QED) is 0.130. The molecule has 172 valence electrons. The van der Waals surface area contributed by atoms with E-state index in [0.29, 0.717) is 17.9 Å². The van der Waals surface area contributed by atoms with Crippen LogP contribution in [-0.4, -0.2) is 17.5 Å². The number of benzene rings is 5. The fourth-order valence-corrected chi connectivity index (χ4v) is 6.82. The minimum absolute atomic E-state index is 0.290.